The van der Waals surface area contributed by atoms with Crippen LogP contribution in [0.15, 0.2) is 24.3 Å². The topological polar surface area (TPSA) is 47.1 Å². The standard InChI is InChI=1S/C16H24N4/c1-2-20-16-9-4-3-8-14(16)15(18-20)12-19-10-6-5-7-13(19)11-17/h3-4,8-9,13H,2,5-7,10-12,17H2,1H3/t13-/m1/s1. The van der Waals surface area contributed by atoms with Crippen LogP contribution in [0.4, 0.5) is 0 Å². The van der Waals surface area contributed by atoms with Crippen molar-refractivity contribution in [3.05, 3.63) is 30.0 Å². The number of para-hydroxylation sites is 1. The number of aryl methyl sites for hydroxylation is 1. The Hall–Kier alpha value is -1.39. The summed E-state index contributed by atoms with van der Waals surface area (Å²) < 4.78 is 2.10. The van der Waals surface area contributed by atoms with Gasteiger partial charge in [-0.3, -0.25) is 9.58 Å². The molecule has 0 spiro atoms. The van der Waals surface area contributed by atoms with Crippen LogP contribution in [0.2, 0.25) is 0 Å². The monoisotopic (exact) mass is 272 g/mol. The third-order valence-electron chi connectivity index (χ3n) is 4.41. The van der Waals surface area contributed by atoms with Gasteiger partial charge in [0.15, 0.2) is 0 Å². The smallest absolute Gasteiger partial charge is 0.0843 e. The van der Waals surface area contributed by atoms with Crippen molar-refractivity contribution in [1.29, 1.82) is 0 Å². The van der Waals surface area contributed by atoms with E-state index in [4.69, 9.17) is 10.8 Å². The zero-order chi connectivity index (χ0) is 13.9. The molecule has 1 aromatic carbocycles. The molecule has 4 nitrogen and oxygen atoms in total. The minimum atomic E-state index is 0.522. The second-order valence-corrected chi connectivity index (χ2v) is 5.64. The van der Waals surface area contributed by atoms with Crippen molar-refractivity contribution >= 4 is 10.9 Å². The second kappa shape index (κ2) is 5.94. The van der Waals surface area contributed by atoms with E-state index in [1.807, 2.05) is 0 Å². The molecule has 2 aromatic rings. The Balaban J connectivity index is 1.90. The number of fused-ring (bicyclic) bond motifs is 1. The van der Waals surface area contributed by atoms with Crippen molar-refractivity contribution < 1.29 is 0 Å². The van der Waals surface area contributed by atoms with Crippen LogP contribution >= 0.6 is 0 Å². The van der Waals surface area contributed by atoms with Gasteiger partial charge in [-0.2, -0.15) is 5.10 Å². The first-order valence-electron chi connectivity index (χ1n) is 7.72. The molecule has 0 radical (unpaired) electrons. The van der Waals surface area contributed by atoms with E-state index in [2.05, 4.69) is 40.8 Å². The first-order chi connectivity index (χ1) is 9.83. The Bertz CT molecular complexity index is 575. The third kappa shape index (κ3) is 2.45. The molecule has 0 aliphatic carbocycles. The van der Waals surface area contributed by atoms with Gasteiger partial charge in [0.1, 0.15) is 0 Å². The van der Waals surface area contributed by atoms with Gasteiger partial charge >= 0.3 is 0 Å². The van der Waals surface area contributed by atoms with Gasteiger partial charge in [-0.05, 0) is 32.4 Å². The molecule has 20 heavy (non-hydrogen) atoms. The number of hydrogen-bond acceptors (Lipinski definition) is 3. The average Bonchev–Trinajstić information content (AvgIpc) is 2.86. The minimum Gasteiger partial charge on any atom is -0.329 e. The van der Waals surface area contributed by atoms with Crippen molar-refractivity contribution in [3.8, 4) is 0 Å². The number of piperidine rings is 1. The second-order valence-electron chi connectivity index (χ2n) is 5.64. The quantitative estimate of drug-likeness (QED) is 0.929. The van der Waals surface area contributed by atoms with Gasteiger partial charge in [0.05, 0.1) is 11.2 Å². The predicted molar refractivity (Wildman–Crippen MR) is 82.5 cm³/mol. The normalized spacial score (nSPS) is 20.6. The summed E-state index contributed by atoms with van der Waals surface area (Å²) in [6, 6.07) is 9.06. The SMILES string of the molecule is CCn1nc(CN2CCCC[C@@H]2CN)c2ccccc21. The van der Waals surface area contributed by atoms with E-state index >= 15 is 0 Å². The van der Waals surface area contributed by atoms with Crippen molar-refractivity contribution in [1.82, 2.24) is 14.7 Å². The summed E-state index contributed by atoms with van der Waals surface area (Å²) >= 11 is 0. The lowest BCUT2D eigenvalue weighted by atomic mass is 10.0. The Labute approximate surface area is 120 Å². The van der Waals surface area contributed by atoms with Crippen LogP contribution in [0.5, 0.6) is 0 Å². The maximum atomic E-state index is 5.92. The zero-order valence-corrected chi connectivity index (χ0v) is 12.3. The molecule has 1 aliphatic rings. The molecule has 0 bridgehead atoms. The van der Waals surface area contributed by atoms with E-state index in [1.165, 1.54) is 35.9 Å². The molecule has 3 rings (SSSR count). The molecule has 2 N–H and O–H groups in total. The number of likely N-dealkylation sites (tertiary alicyclic amines) is 1. The number of hydrogen-bond donors (Lipinski definition) is 1. The fourth-order valence-corrected chi connectivity index (χ4v) is 3.28. The zero-order valence-electron chi connectivity index (χ0n) is 12.3. The molecular weight excluding hydrogens is 248 g/mol. The summed E-state index contributed by atoms with van der Waals surface area (Å²) in [7, 11) is 0. The summed E-state index contributed by atoms with van der Waals surface area (Å²) in [6.07, 6.45) is 3.81. The van der Waals surface area contributed by atoms with Crippen molar-refractivity contribution in [3.63, 3.8) is 0 Å². The van der Waals surface area contributed by atoms with Gasteiger partial charge in [-0.1, -0.05) is 24.6 Å². The highest BCUT2D eigenvalue weighted by Crippen LogP contribution is 2.23. The van der Waals surface area contributed by atoms with Crippen LogP contribution in [0.3, 0.4) is 0 Å². The van der Waals surface area contributed by atoms with Crippen LogP contribution in [0.25, 0.3) is 10.9 Å². The molecule has 1 aromatic heterocycles. The van der Waals surface area contributed by atoms with Gasteiger partial charge in [0.25, 0.3) is 0 Å². The molecule has 0 unspecified atom stereocenters. The highest BCUT2D eigenvalue weighted by molar-refractivity contribution is 5.81. The molecule has 2 heterocycles. The van der Waals surface area contributed by atoms with E-state index in [-0.39, 0.29) is 0 Å². The molecule has 1 aliphatic heterocycles. The van der Waals surface area contributed by atoms with Crippen LogP contribution in [-0.4, -0.2) is 33.8 Å². The number of aromatic nitrogens is 2. The molecule has 108 valence electrons. The number of benzene rings is 1. The van der Waals surface area contributed by atoms with Crippen LogP contribution in [0.1, 0.15) is 31.9 Å². The molecule has 0 saturated carbocycles. The number of rotatable bonds is 4. The largest absolute Gasteiger partial charge is 0.329 e. The highest BCUT2D eigenvalue weighted by atomic mass is 15.3. The molecule has 1 atom stereocenters. The minimum absolute atomic E-state index is 0.522. The molecule has 1 fully saturated rings. The maximum Gasteiger partial charge on any atom is 0.0843 e. The third-order valence-corrected chi connectivity index (χ3v) is 4.41. The van der Waals surface area contributed by atoms with Crippen molar-refractivity contribution in [2.75, 3.05) is 13.1 Å². The fraction of sp³-hybridized carbons (Fsp3) is 0.562. The number of nitrogens with two attached hydrogens (primary N) is 1. The van der Waals surface area contributed by atoms with E-state index in [0.29, 0.717) is 6.04 Å². The van der Waals surface area contributed by atoms with Crippen molar-refractivity contribution in [2.45, 2.75) is 45.3 Å². The van der Waals surface area contributed by atoms with Gasteiger partial charge < -0.3 is 5.73 Å². The maximum absolute atomic E-state index is 5.92. The highest BCUT2D eigenvalue weighted by Gasteiger charge is 2.23. The summed E-state index contributed by atoms with van der Waals surface area (Å²) in [5.41, 5.74) is 8.36. The first kappa shape index (κ1) is 13.6. The lowest BCUT2D eigenvalue weighted by Gasteiger charge is -2.34. The van der Waals surface area contributed by atoms with Gasteiger partial charge in [0.2, 0.25) is 0 Å². The van der Waals surface area contributed by atoms with E-state index in [0.717, 1.165) is 26.2 Å². The Kier molecular flexibility index (Phi) is 4.03. The predicted octanol–water partition coefficient (Wildman–Crippen LogP) is 2.37. The van der Waals surface area contributed by atoms with Gasteiger partial charge in [-0.15, -0.1) is 0 Å². The van der Waals surface area contributed by atoms with E-state index < -0.39 is 0 Å². The van der Waals surface area contributed by atoms with Crippen LogP contribution < -0.4 is 5.73 Å². The lowest BCUT2D eigenvalue weighted by molar-refractivity contribution is 0.143. The summed E-state index contributed by atoms with van der Waals surface area (Å²) in [5.74, 6) is 0. The molecule has 1 saturated heterocycles. The molecule has 0 amide bonds. The Morgan fingerprint density at radius 3 is 2.95 bits per heavy atom. The fourth-order valence-electron chi connectivity index (χ4n) is 3.28. The Morgan fingerprint density at radius 1 is 1.30 bits per heavy atom. The van der Waals surface area contributed by atoms with E-state index in [9.17, 15) is 0 Å². The summed E-state index contributed by atoms with van der Waals surface area (Å²) in [4.78, 5) is 2.51. The van der Waals surface area contributed by atoms with Crippen LogP contribution in [0, 0.1) is 0 Å². The van der Waals surface area contributed by atoms with Gasteiger partial charge in [0, 0.05) is 31.1 Å². The van der Waals surface area contributed by atoms with E-state index in [1.54, 1.807) is 0 Å². The van der Waals surface area contributed by atoms with Crippen LogP contribution in [-0.2, 0) is 13.1 Å². The van der Waals surface area contributed by atoms with Gasteiger partial charge in [-0.25, -0.2) is 0 Å². The summed E-state index contributed by atoms with van der Waals surface area (Å²) in [6.45, 7) is 5.89. The molecule has 4 heteroatoms. The van der Waals surface area contributed by atoms with Crippen molar-refractivity contribution in [2.24, 2.45) is 5.73 Å². The Morgan fingerprint density at radius 2 is 2.15 bits per heavy atom. The first-order valence-corrected chi connectivity index (χ1v) is 7.72. The lowest BCUT2D eigenvalue weighted by Crippen LogP contribution is -2.43. The average molecular weight is 272 g/mol. The summed E-state index contributed by atoms with van der Waals surface area (Å²) in [5, 5.41) is 6.09. The number of nitrogens with zero attached hydrogens (tertiary/aromatic N) is 3. The molecular formula is C16H24N4.